The maximum absolute atomic E-state index is 10.9. The van der Waals surface area contributed by atoms with Crippen LogP contribution in [0.2, 0.25) is 0 Å². The number of aromatic amines is 1. The summed E-state index contributed by atoms with van der Waals surface area (Å²) in [6.07, 6.45) is 4.45. The minimum atomic E-state index is -3.59. The fourth-order valence-corrected chi connectivity index (χ4v) is 2.37. The molecule has 0 saturated carbocycles. The van der Waals surface area contributed by atoms with Crippen LogP contribution in [0.4, 0.5) is 0 Å². The van der Waals surface area contributed by atoms with Crippen LogP contribution in [0, 0.1) is 0 Å². The SMILES string of the molecule is CN(C)CCc1c[nH]c2ccc(C=CS(N)(=O)=O)cc12.O=C(O)C(=O)O. The lowest BCUT2D eigenvalue weighted by Gasteiger charge is -2.08. The molecule has 2 rings (SSSR count). The first-order chi connectivity index (χ1) is 12.0. The lowest BCUT2D eigenvalue weighted by molar-refractivity contribution is -0.159. The van der Waals surface area contributed by atoms with Gasteiger partial charge in [-0.25, -0.2) is 23.1 Å². The number of nitrogens with zero attached hydrogens (tertiary/aromatic N) is 1. The van der Waals surface area contributed by atoms with Gasteiger partial charge in [0, 0.05) is 29.1 Å². The zero-order chi connectivity index (χ0) is 19.9. The number of nitrogens with one attached hydrogen (secondary N) is 1. The molecule has 0 radical (unpaired) electrons. The van der Waals surface area contributed by atoms with Gasteiger partial charge in [-0.3, -0.25) is 0 Å². The number of H-pyrrole nitrogens is 1. The lowest BCUT2D eigenvalue weighted by atomic mass is 10.1. The number of rotatable bonds is 5. The Kier molecular flexibility index (Phi) is 7.50. The molecule has 0 saturated heterocycles. The Morgan fingerprint density at radius 2 is 1.85 bits per heavy atom. The molecule has 1 heterocycles. The van der Waals surface area contributed by atoms with Gasteiger partial charge < -0.3 is 20.1 Å². The second kappa shape index (κ2) is 9.13. The molecule has 0 unspecified atom stereocenters. The van der Waals surface area contributed by atoms with Crippen LogP contribution in [-0.4, -0.2) is 61.1 Å². The Balaban J connectivity index is 0.000000487. The number of benzene rings is 1. The number of sulfonamides is 1. The Morgan fingerprint density at radius 3 is 2.35 bits per heavy atom. The third-order valence-electron chi connectivity index (χ3n) is 3.25. The summed E-state index contributed by atoms with van der Waals surface area (Å²) in [5.74, 6) is -3.65. The number of hydrogen-bond acceptors (Lipinski definition) is 5. The average molecular weight is 383 g/mol. The number of aromatic nitrogens is 1. The lowest BCUT2D eigenvalue weighted by Crippen LogP contribution is -2.14. The van der Waals surface area contributed by atoms with E-state index in [1.165, 1.54) is 11.6 Å². The Morgan fingerprint density at radius 1 is 1.23 bits per heavy atom. The number of carboxylic acids is 2. The van der Waals surface area contributed by atoms with Gasteiger partial charge in [0.1, 0.15) is 0 Å². The molecule has 0 atom stereocenters. The first kappa shape index (κ1) is 21.4. The van der Waals surface area contributed by atoms with Gasteiger partial charge in [-0.15, -0.1) is 0 Å². The van der Waals surface area contributed by atoms with Gasteiger partial charge in [0.15, 0.2) is 0 Å². The Hall–Kier alpha value is -2.69. The van der Waals surface area contributed by atoms with Crippen LogP contribution in [0.25, 0.3) is 17.0 Å². The molecule has 0 spiro atoms. The van der Waals surface area contributed by atoms with Crippen LogP contribution < -0.4 is 5.14 Å². The van der Waals surface area contributed by atoms with Crippen molar-refractivity contribution in [1.29, 1.82) is 0 Å². The van der Waals surface area contributed by atoms with E-state index < -0.39 is 22.0 Å². The molecule has 2 aromatic rings. The first-order valence-corrected chi connectivity index (χ1v) is 9.02. The highest BCUT2D eigenvalue weighted by Gasteiger charge is 2.05. The molecule has 0 amide bonds. The average Bonchev–Trinajstić information content (AvgIpc) is 2.93. The van der Waals surface area contributed by atoms with Crippen LogP contribution in [-0.2, 0) is 26.0 Å². The molecular formula is C16H21N3O6S. The second-order valence-corrected chi connectivity index (χ2v) is 7.12. The Bertz CT molecular complexity index is 903. The summed E-state index contributed by atoms with van der Waals surface area (Å²) >= 11 is 0. The third-order valence-corrected chi connectivity index (χ3v) is 3.77. The van der Waals surface area contributed by atoms with Gasteiger partial charge in [-0.1, -0.05) is 6.07 Å². The van der Waals surface area contributed by atoms with E-state index in [2.05, 4.69) is 9.88 Å². The van der Waals surface area contributed by atoms with Crippen molar-refractivity contribution in [1.82, 2.24) is 9.88 Å². The maximum atomic E-state index is 10.9. The number of aliphatic carboxylic acids is 2. The van der Waals surface area contributed by atoms with Gasteiger partial charge in [0.2, 0.25) is 10.0 Å². The normalized spacial score (nSPS) is 11.5. The van der Waals surface area contributed by atoms with Crippen LogP contribution >= 0.6 is 0 Å². The molecule has 5 N–H and O–H groups in total. The number of carbonyl (C=O) groups is 2. The second-order valence-electron chi connectivity index (χ2n) is 5.67. The van der Waals surface area contributed by atoms with E-state index in [-0.39, 0.29) is 0 Å². The van der Waals surface area contributed by atoms with Gasteiger partial charge in [0.25, 0.3) is 0 Å². The highest BCUT2D eigenvalue weighted by molar-refractivity contribution is 7.92. The van der Waals surface area contributed by atoms with E-state index >= 15 is 0 Å². The molecule has 1 aromatic heterocycles. The quantitative estimate of drug-likeness (QED) is 0.554. The van der Waals surface area contributed by atoms with Gasteiger partial charge >= 0.3 is 11.9 Å². The van der Waals surface area contributed by atoms with E-state index in [9.17, 15) is 8.42 Å². The van der Waals surface area contributed by atoms with Gasteiger partial charge in [-0.2, -0.15) is 0 Å². The minimum absolute atomic E-state index is 0.817. The first-order valence-electron chi connectivity index (χ1n) is 7.41. The molecule has 0 aliphatic carbocycles. The van der Waals surface area contributed by atoms with Crippen molar-refractivity contribution in [2.24, 2.45) is 5.14 Å². The fourth-order valence-electron chi connectivity index (χ4n) is 2.02. The van der Waals surface area contributed by atoms with Crippen molar-refractivity contribution in [3.05, 3.63) is 40.9 Å². The van der Waals surface area contributed by atoms with Gasteiger partial charge in [-0.05, 0) is 49.9 Å². The molecule has 26 heavy (non-hydrogen) atoms. The number of fused-ring (bicyclic) bond motifs is 1. The maximum Gasteiger partial charge on any atom is 0.414 e. The van der Waals surface area contributed by atoms with Crippen LogP contribution in [0.3, 0.4) is 0 Å². The summed E-state index contributed by atoms with van der Waals surface area (Å²) in [4.78, 5) is 23.6. The van der Waals surface area contributed by atoms with Crippen molar-refractivity contribution >= 4 is 38.9 Å². The summed E-state index contributed by atoms with van der Waals surface area (Å²) in [7, 11) is 0.485. The number of likely N-dealkylation sites (N-methyl/N-ethyl adjacent to an activating group) is 1. The third kappa shape index (κ3) is 7.47. The van der Waals surface area contributed by atoms with Crippen molar-refractivity contribution in [2.75, 3.05) is 20.6 Å². The van der Waals surface area contributed by atoms with Crippen molar-refractivity contribution in [3.8, 4) is 0 Å². The topological polar surface area (TPSA) is 154 Å². The highest BCUT2D eigenvalue weighted by Crippen LogP contribution is 2.21. The number of carboxylic acid groups (broad SMARTS) is 2. The molecule has 0 bridgehead atoms. The van der Waals surface area contributed by atoms with Gasteiger partial charge in [0.05, 0.1) is 0 Å². The summed E-state index contributed by atoms with van der Waals surface area (Å²) in [6, 6.07) is 5.77. The zero-order valence-electron chi connectivity index (χ0n) is 14.3. The van der Waals surface area contributed by atoms with E-state index in [1.54, 1.807) is 0 Å². The molecule has 0 aliphatic rings. The fraction of sp³-hybridized carbons (Fsp3) is 0.250. The molecule has 142 valence electrons. The monoisotopic (exact) mass is 383 g/mol. The highest BCUT2D eigenvalue weighted by atomic mass is 32.2. The molecule has 9 nitrogen and oxygen atoms in total. The van der Waals surface area contributed by atoms with Crippen LogP contribution in [0.1, 0.15) is 11.1 Å². The predicted octanol–water partition coefficient (Wildman–Crippen LogP) is 0.687. The summed E-state index contributed by atoms with van der Waals surface area (Å²) < 4.78 is 21.9. The zero-order valence-corrected chi connectivity index (χ0v) is 15.2. The predicted molar refractivity (Wildman–Crippen MR) is 98.0 cm³/mol. The minimum Gasteiger partial charge on any atom is -0.473 e. The van der Waals surface area contributed by atoms with Crippen LogP contribution in [0.5, 0.6) is 0 Å². The molecular weight excluding hydrogens is 362 g/mol. The Labute approximate surface area is 150 Å². The number of primary sulfonamides is 1. The van der Waals surface area contributed by atoms with E-state index in [1.807, 2.05) is 38.5 Å². The van der Waals surface area contributed by atoms with Crippen molar-refractivity contribution in [2.45, 2.75) is 6.42 Å². The van der Waals surface area contributed by atoms with Crippen molar-refractivity contribution < 1.29 is 28.2 Å². The number of nitrogens with two attached hydrogens (primary N) is 1. The smallest absolute Gasteiger partial charge is 0.414 e. The number of hydrogen-bond donors (Lipinski definition) is 4. The van der Waals surface area contributed by atoms with E-state index in [4.69, 9.17) is 24.9 Å². The standard InChI is InChI=1S/C14H19N3O2S.C2H2O4/c1-17(2)7-5-12-10-16-14-4-3-11(9-13(12)14)6-8-20(15,18)19;3-1(4)2(5)6/h3-4,6,8-10,16H,5,7H2,1-2H3,(H2,15,18,19);(H,3,4)(H,5,6). The molecule has 10 heteroatoms. The summed E-state index contributed by atoms with van der Waals surface area (Å²) in [6.45, 7) is 0.962. The summed E-state index contributed by atoms with van der Waals surface area (Å²) in [5, 5.41) is 21.9. The molecule has 1 aromatic carbocycles. The largest absolute Gasteiger partial charge is 0.473 e. The van der Waals surface area contributed by atoms with E-state index in [0.29, 0.717) is 0 Å². The molecule has 0 fully saturated rings. The van der Waals surface area contributed by atoms with E-state index in [0.717, 1.165) is 34.8 Å². The van der Waals surface area contributed by atoms with Crippen molar-refractivity contribution in [3.63, 3.8) is 0 Å². The molecule has 0 aliphatic heterocycles. The van der Waals surface area contributed by atoms with Crippen LogP contribution in [0.15, 0.2) is 29.8 Å². The summed E-state index contributed by atoms with van der Waals surface area (Å²) in [5.41, 5.74) is 3.09.